The third kappa shape index (κ3) is 3.80. The summed E-state index contributed by atoms with van der Waals surface area (Å²) in [5, 5.41) is 11.5. The van der Waals surface area contributed by atoms with Gasteiger partial charge in [-0.1, -0.05) is 60.7 Å². The molecule has 0 radical (unpaired) electrons. The molecule has 2 rings (SSSR count). The van der Waals surface area contributed by atoms with Gasteiger partial charge in [-0.05, 0) is 17.2 Å². The Morgan fingerprint density at radius 3 is 2.20 bits per heavy atom. The molecule has 0 unspecified atom stereocenters. The van der Waals surface area contributed by atoms with Crippen molar-refractivity contribution in [3.05, 3.63) is 71.8 Å². The van der Waals surface area contributed by atoms with E-state index in [-0.39, 0.29) is 19.1 Å². The van der Waals surface area contributed by atoms with E-state index >= 15 is 0 Å². The van der Waals surface area contributed by atoms with Gasteiger partial charge in [0.25, 0.3) is 5.91 Å². The molecule has 0 aliphatic heterocycles. The van der Waals surface area contributed by atoms with Crippen LogP contribution in [0, 0.1) is 0 Å². The van der Waals surface area contributed by atoms with Crippen molar-refractivity contribution in [1.29, 1.82) is 0 Å². The van der Waals surface area contributed by atoms with Crippen LogP contribution in [0.4, 0.5) is 0 Å². The summed E-state index contributed by atoms with van der Waals surface area (Å²) in [7, 11) is 0. The molecule has 2 aromatic carbocycles. The SMILES string of the molecule is O=C(NCCO)/C(=C/c1ccccc1)c1ccccc1. The van der Waals surface area contributed by atoms with Crippen LogP contribution < -0.4 is 5.32 Å². The minimum Gasteiger partial charge on any atom is -0.395 e. The molecule has 1 amide bonds. The lowest BCUT2D eigenvalue weighted by molar-refractivity contribution is -0.115. The zero-order chi connectivity index (χ0) is 14.2. The van der Waals surface area contributed by atoms with Crippen molar-refractivity contribution in [2.24, 2.45) is 0 Å². The largest absolute Gasteiger partial charge is 0.395 e. The second-order valence-electron chi connectivity index (χ2n) is 4.31. The van der Waals surface area contributed by atoms with Gasteiger partial charge in [0.05, 0.1) is 6.61 Å². The van der Waals surface area contributed by atoms with Crippen LogP contribution in [-0.4, -0.2) is 24.2 Å². The Morgan fingerprint density at radius 2 is 1.60 bits per heavy atom. The van der Waals surface area contributed by atoms with Gasteiger partial charge in [-0.2, -0.15) is 0 Å². The van der Waals surface area contributed by atoms with Crippen LogP contribution in [0.15, 0.2) is 60.7 Å². The van der Waals surface area contributed by atoms with Gasteiger partial charge in [0.1, 0.15) is 0 Å². The molecule has 3 nitrogen and oxygen atoms in total. The molecule has 0 spiro atoms. The van der Waals surface area contributed by atoms with Crippen LogP contribution in [0.25, 0.3) is 11.6 Å². The lowest BCUT2D eigenvalue weighted by Gasteiger charge is -2.08. The maximum Gasteiger partial charge on any atom is 0.251 e. The lowest BCUT2D eigenvalue weighted by Crippen LogP contribution is -2.27. The number of benzene rings is 2. The molecule has 0 heterocycles. The molecule has 2 N–H and O–H groups in total. The second kappa shape index (κ2) is 7.26. The molecule has 0 fully saturated rings. The first-order chi connectivity index (χ1) is 9.81. The summed E-state index contributed by atoms with van der Waals surface area (Å²) in [6.07, 6.45) is 1.85. The molecular formula is C17H17NO2. The van der Waals surface area contributed by atoms with E-state index in [0.717, 1.165) is 11.1 Å². The fourth-order valence-corrected chi connectivity index (χ4v) is 1.88. The quantitative estimate of drug-likeness (QED) is 0.645. The van der Waals surface area contributed by atoms with E-state index in [4.69, 9.17) is 5.11 Å². The monoisotopic (exact) mass is 267 g/mol. The van der Waals surface area contributed by atoms with E-state index < -0.39 is 0 Å². The molecule has 0 saturated carbocycles. The van der Waals surface area contributed by atoms with E-state index in [9.17, 15) is 4.79 Å². The Morgan fingerprint density at radius 1 is 1.00 bits per heavy atom. The third-order valence-corrected chi connectivity index (χ3v) is 2.84. The maximum atomic E-state index is 12.2. The first-order valence-electron chi connectivity index (χ1n) is 6.52. The summed E-state index contributed by atoms with van der Waals surface area (Å²) >= 11 is 0. The van der Waals surface area contributed by atoms with Crippen molar-refractivity contribution < 1.29 is 9.90 Å². The smallest absolute Gasteiger partial charge is 0.251 e. The summed E-state index contributed by atoms with van der Waals surface area (Å²) in [6.45, 7) is 0.178. The van der Waals surface area contributed by atoms with Crippen molar-refractivity contribution in [1.82, 2.24) is 5.32 Å². The second-order valence-corrected chi connectivity index (χ2v) is 4.31. The van der Waals surface area contributed by atoms with Crippen LogP contribution in [0.5, 0.6) is 0 Å². The molecule has 0 aliphatic rings. The summed E-state index contributed by atoms with van der Waals surface area (Å²) in [4.78, 5) is 12.2. The van der Waals surface area contributed by atoms with E-state index in [0.29, 0.717) is 5.57 Å². The fraction of sp³-hybridized carbons (Fsp3) is 0.118. The first-order valence-corrected chi connectivity index (χ1v) is 6.52. The Balaban J connectivity index is 2.34. The van der Waals surface area contributed by atoms with Crippen molar-refractivity contribution in [3.8, 4) is 0 Å². The van der Waals surface area contributed by atoms with Crippen molar-refractivity contribution >= 4 is 17.6 Å². The predicted molar refractivity (Wildman–Crippen MR) is 80.9 cm³/mol. The molecule has 0 aromatic heterocycles. The van der Waals surface area contributed by atoms with E-state index in [1.807, 2.05) is 66.7 Å². The number of aliphatic hydroxyl groups excluding tert-OH is 1. The highest BCUT2D eigenvalue weighted by atomic mass is 16.3. The minimum atomic E-state index is -0.186. The number of hydrogen-bond acceptors (Lipinski definition) is 2. The number of nitrogens with one attached hydrogen (secondary N) is 1. The fourth-order valence-electron chi connectivity index (χ4n) is 1.88. The molecule has 0 saturated heterocycles. The lowest BCUT2D eigenvalue weighted by atomic mass is 10.0. The predicted octanol–water partition coefficient (Wildman–Crippen LogP) is 2.34. The Hall–Kier alpha value is -2.39. The van der Waals surface area contributed by atoms with Gasteiger partial charge in [0.2, 0.25) is 0 Å². The van der Waals surface area contributed by atoms with Crippen LogP contribution in [-0.2, 0) is 4.79 Å². The zero-order valence-electron chi connectivity index (χ0n) is 11.1. The van der Waals surface area contributed by atoms with Crippen LogP contribution >= 0.6 is 0 Å². The molecule has 0 aliphatic carbocycles. The van der Waals surface area contributed by atoms with Gasteiger partial charge >= 0.3 is 0 Å². The molecule has 0 bridgehead atoms. The zero-order valence-corrected chi connectivity index (χ0v) is 11.1. The van der Waals surface area contributed by atoms with Crippen LogP contribution in [0.1, 0.15) is 11.1 Å². The van der Waals surface area contributed by atoms with E-state index in [1.54, 1.807) is 0 Å². The number of amides is 1. The van der Waals surface area contributed by atoms with Crippen molar-refractivity contribution in [2.75, 3.05) is 13.2 Å². The van der Waals surface area contributed by atoms with E-state index in [1.165, 1.54) is 0 Å². The summed E-state index contributed by atoms with van der Waals surface area (Å²) in [6, 6.07) is 19.2. The summed E-state index contributed by atoms with van der Waals surface area (Å²) < 4.78 is 0. The number of aliphatic hydroxyl groups is 1. The Bertz CT molecular complexity index is 576. The van der Waals surface area contributed by atoms with Crippen molar-refractivity contribution in [2.45, 2.75) is 0 Å². The molecule has 102 valence electrons. The summed E-state index contributed by atoms with van der Waals surface area (Å²) in [5.41, 5.74) is 2.41. The van der Waals surface area contributed by atoms with E-state index in [2.05, 4.69) is 5.32 Å². The van der Waals surface area contributed by atoms with Gasteiger partial charge in [-0.3, -0.25) is 4.79 Å². The summed E-state index contributed by atoms with van der Waals surface area (Å²) in [5.74, 6) is -0.186. The Kier molecular flexibility index (Phi) is 5.09. The van der Waals surface area contributed by atoms with Crippen molar-refractivity contribution in [3.63, 3.8) is 0 Å². The van der Waals surface area contributed by atoms with Crippen LogP contribution in [0.3, 0.4) is 0 Å². The average Bonchev–Trinajstić information content (AvgIpc) is 2.52. The van der Waals surface area contributed by atoms with Gasteiger partial charge in [-0.25, -0.2) is 0 Å². The normalized spacial score (nSPS) is 11.2. The number of carbonyl (C=O) groups is 1. The number of carbonyl (C=O) groups excluding carboxylic acids is 1. The highest BCUT2D eigenvalue weighted by molar-refractivity contribution is 6.24. The van der Waals surface area contributed by atoms with Gasteiger partial charge in [-0.15, -0.1) is 0 Å². The standard InChI is InChI=1S/C17H17NO2/c19-12-11-18-17(20)16(15-9-5-2-6-10-15)13-14-7-3-1-4-8-14/h1-10,13,19H,11-12H2,(H,18,20)/b16-13+. The first kappa shape index (κ1) is 14.0. The number of rotatable bonds is 5. The van der Waals surface area contributed by atoms with Gasteiger partial charge in [0.15, 0.2) is 0 Å². The maximum absolute atomic E-state index is 12.2. The molecule has 0 atom stereocenters. The highest BCUT2D eigenvalue weighted by Crippen LogP contribution is 2.18. The molecule has 3 heteroatoms. The minimum absolute atomic E-state index is 0.0703. The molecular weight excluding hydrogens is 250 g/mol. The van der Waals surface area contributed by atoms with Gasteiger partial charge < -0.3 is 10.4 Å². The average molecular weight is 267 g/mol. The Labute approximate surface area is 118 Å². The highest BCUT2D eigenvalue weighted by Gasteiger charge is 2.11. The van der Waals surface area contributed by atoms with Crippen LogP contribution in [0.2, 0.25) is 0 Å². The topological polar surface area (TPSA) is 49.3 Å². The number of hydrogen-bond donors (Lipinski definition) is 2. The molecule has 20 heavy (non-hydrogen) atoms. The molecule has 2 aromatic rings. The van der Waals surface area contributed by atoms with Gasteiger partial charge in [0, 0.05) is 12.1 Å². The third-order valence-electron chi connectivity index (χ3n) is 2.84.